The van der Waals surface area contributed by atoms with Gasteiger partial charge in [0.1, 0.15) is 23.0 Å². The molecule has 43 heavy (non-hydrogen) atoms. The van der Waals surface area contributed by atoms with E-state index in [0.717, 1.165) is 49.7 Å². The predicted molar refractivity (Wildman–Crippen MR) is 160 cm³/mol. The van der Waals surface area contributed by atoms with Gasteiger partial charge in [-0.2, -0.15) is 0 Å². The summed E-state index contributed by atoms with van der Waals surface area (Å²) >= 11 is 0. The molecule has 1 aromatic carbocycles. The number of hydrogen-bond acceptors (Lipinski definition) is 8. The second-order valence-corrected chi connectivity index (χ2v) is 11.1. The summed E-state index contributed by atoms with van der Waals surface area (Å²) in [7, 11) is 1.53. The first-order valence-electron chi connectivity index (χ1n) is 14.5. The Balaban J connectivity index is 1.17. The normalized spacial score (nSPS) is 23.3. The summed E-state index contributed by atoms with van der Waals surface area (Å²) in [5.41, 5.74) is 1.05. The fourth-order valence-electron chi connectivity index (χ4n) is 5.85. The van der Waals surface area contributed by atoms with Gasteiger partial charge in [0.05, 0.1) is 13.7 Å². The SMILES string of the molecule is CCN1CCN(c2ccc(O)c(C3=CCC(C#C[C@]4(CN5Cc6ccc(OC)cc6C5=O)NC(=O)NC4=O)C=C3)n2)CC1. The highest BCUT2D eigenvalue weighted by atomic mass is 16.5. The first kappa shape index (κ1) is 28.3. The number of urea groups is 1. The lowest BCUT2D eigenvalue weighted by molar-refractivity contribution is -0.122. The molecule has 2 aromatic rings. The number of piperazine rings is 1. The first-order valence-corrected chi connectivity index (χ1v) is 14.5. The van der Waals surface area contributed by atoms with Crippen LogP contribution >= 0.6 is 0 Å². The summed E-state index contributed by atoms with van der Waals surface area (Å²) in [5.74, 6) is 6.55. The van der Waals surface area contributed by atoms with Crippen LogP contribution in [0, 0.1) is 17.8 Å². The number of fused-ring (bicyclic) bond motifs is 1. The number of carbonyl (C=O) groups excluding carboxylic acids is 3. The molecule has 3 N–H and O–H groups in total. The molecule has 4 aliphatic rings. The topological polar surface area (TPSA) is 127 Å². The van der Waals surface area contributed by atoms with Gasteiger partial charge in [0, 0.05) is 44.2 Å². The molecule has 2 atom stereocenters. The number of amides is 4. The zero-order chi connectivity index (χ0) is 30.1. The number of benzene rings is 1. The lowest BCUT2D eigenvalue weighted by atomic mass is 9.93. The largest absolute Gasteiger partial charge is 0.506 e. The van der Waals surface area contributed by atoms with E-state index in [0.29, 0.717) is 30.0 Å². The maximum absolute atomic E-state index is 13.2. The third-order valence-electron chi connectivity index (χ3n) is 8.41. The number of carbonyl (C=O) groups is 3. The van der Waals surface area contributed by atoms with Gasteiger partial charge in [-0.15, -0.1) is 0 Å². The average molecular weight is 583 g/mol. The molecule has 4 amide bonds. The van der Waals surface area contributed by atoms with Gasteiger partial charge in [-0.3, -0.25) is 14.9 Å². The molecule has 4 heterocycles. The molecule has 6 rings (SSSR count). The first-order chi connectivity index (χ1) is 20.8. The summed E-state index contributed by atoms with van der Waals surface area (Å²) in [6.45, 7) is 7.11. The van der Waals surface area contributed by atoms with E-state index in [1.807, 2.05) is 30.4 Å². The van der Waals surface area contributed by atoms with Crippen molar-refractivity contribution in [3.63, 3.8) is 0 Å². The number of imide groups is 1. The number of rotatable bonds is 6. The van der Waals surface area contributed by atoms with Crippen LogP contribution in [-0.4, -0.2) is 89.7 Å². The highest BCUT2D eigenvalue weighted by molar-refractivity contribution is 6.10. The Kier molecular flexibility index (Phi) is 7.54. The van der Waals surface area contributed by atoms with Crippen molar-refractivity contribution in [1.29, 1.82) is 0 Å². The molecular weight excluding hydrogens is 548 g/mol. The fourth-order valence-corrected chi connectivity index (χ4v) is 5.85. The molecule has 1 aromatic heterocycles. The van der Waals surface area contributed by atoms with Crippen LogP contribution < -0.4 is 20.3 Å². The Hall–Kier alpha value is -4.82. The summed E-state index contributed by atoms with van der Waals surface area (Å²) in [6.07, 6.45) is 6.27. The van der Waals surface area contributed by atoms with Crippen molar-refractivity contribution in [2.45, 2.75) is 25.4 Å². The number of aromatic hydroxyl groups is 1. The van der Waals surface area contributed by atoms with E-state index in [1.54, 1.807) is 18.2 Å². The van der Waals surface area contributed by atoms with Crippen molar-refractivity contribution < 1.29 is 24.2 Å². The van der Waals surface area contributed by atoms with Crippen molar-refractivity contribution in [3.05, 3.63) is 65.4 Å². The van der Waals surface area contributed by atoms with Crippen molar-refractivity contribution in [2.24, 2.45) is 5.92 Å². The van der Waals surface area contributed by atoms with Gasteiger partial charge < -0.3 is 29.9 Å². The van der Waals surface area contributed by atoms with Crippen LogP contribution in [-0.2, 0) is 11.3 Å². The minimum atomic E-state index is -1.58. The lowest BCUT2D eigenvalue weighted by Crippen LogP contribution is -2.54. The van der Waals surface area contributed by atoms with Crippen molar-refractivity contribution in [3.8, 4) is 23.3 Å². The molecule has 1 aliphatic carbocycles. The minimum absolute atomic E-state index is 0.0952. The summed E-state index contributed by atoms with van der Waals surface area (Å²) in [6, 6.07) is 8.17. The predicted octanol–water partition coefficient (Wildman–Crippen LogP) is 2.13. The number of likely N-dealkylation sites (N-methyl/N-ethyl adjacent to an activating group) is 1. The van der Waals surface area contributed by atoms with Crippen LogP contribution in [0.3, 0.4) is 0 Å². The Morgan fingerprint density at radius 1 is 1.14 bits per heavy atom. The van der Waals surface area contributed by atoms with Gasteiger partial charge in [-0.05, 0) is 48.4 Å². The number of methoxy groups -OCH3 is 1. The molecule has 3 aliphatic heterocycles. The number of nitrogens with one attached hydrogen (secondary N) is 2. The molecule has 0 saturated carbocycles. The second kappa shape index (κ2) is 11.5. The van der Waals surface area contributed by atoms with E-state index in [1.165, 1.54) is 12.0 Å². The van der Waals surface area contributed by atoms with E-state index in [4.69, 9.17) is 9.72 Å². The number of aromatic nitrogens is 1. The molecular formula is C32H34N6O5. The van der Waals surface area contributed by atoms with Crippen LogP contribution in [0.1, 0.15) is 35.0 Å². The Morgan fingerprint density at radius 3 is 2.63 bits per heavy atom. The monoisotopic (exact) mass is 582 g/mol. The molecule has 1 unspecified atom stereocenters. The van der Waals surface area contributed by atoms with E-state index in [-0.39, 0.29) is 24.1 Å². The van der Waals surface area contributed by atoms with Gasteiger partial charge in [-0.25, -0.2) is 9.78 Å². The lowest BCUT2D eigenvalue weighted by Gasteiger charge is -2.35. The maximum atomic E-state index is 13.2. The molecule has 0 spiro atoms. The summed E-state index contributed by atoms with van der Waals surface area (Å²) in [4.78, 5) is 49.3. The molecule has 0 bridgehead atoms. The van der Waals surface area contributed by atoms with E-state index < -0.39 is 17.5 Å². The number of hydrogen-bond donors (Lipinski definition) is 3. The molecule has 0 radical (unpaired) electrons. The number of pyridine rings is 1. The summed E-state index contributed by atoms with van der Waals surface area (Å²) in [5, 5.41) is 15.5. The standard InChI is InChI=1S/C32H34N6O5/c1-3-36-14-16-37(17-15-36)27-11-10-26(39)28(33-27)22-6-4-21(5-7-22)12-13-32(30(41)34-31(42)35-32)20-38-19-23-8-9-24(43-2)18-25(23)29(38)40/h4,6-11,18,21,39H,3,5,14-17,19-20H2,1-2H3,(H2,34,35,41,42)/t21?,32-/m1/s1. The zero-order valence-electron chi connectivity index (χ0n) is 24.2. The third-order valence-corrected chi connectivity index (χ3v) is 8.41. The Bertz CT molecular complexity index is 1600. The van der Waals surface area contributed by atoms with Gasteiger partial charge in [0.25, 0.3) is 11.8 Å². The summed E-state index contributed by atoms with van der Waals surface area (Å²) < 4.78 is 5.25. The number of ether oxygens (including phenoxy) is 1. The molecule has 11 nitrogen and oxygen atoms in total. The Labute approximate surface area is 250 Å². The van der Waals surface area contributed by atoms with E-state index in [9.17, 15) is 19.5 Å². The second-order valence-electron chi connectivity index (χ2n) is 11.1. The highest BCUT2D eigenvalue weighted by Gasteiger charge is 2.48. The number of anilines is 1. The smallest absolute Gasteiger partial charge is 0.323 e. The fraction of sp³-hybridized carbons (Fsp3) is 0.375. The van der Waals surface area contributed by atoms with E-state index >= 15 is 0 Å². The van der Waals surface area contributed by atoms with Crippen molar-refractivity contribution in [2.75, 3.05) is 51.3 Å². The van der Waals surface area contributed by atoms with E-state index in [2.05, 4.69) is 39.2 Å². The van der Waals surface area contributed by atoms with Gasteiger partial charge >= 0.3 is 6.03 Å². The highest BCUT2D eigenvalue weighted by Crippen LogP contribution is 2.32. The zero-order valence-corrected chi connectivity index (χ0v) is 24.2. The minimum Gasteiger partial charge on any atom is -0.506 e. The molecule has 2 fully saturated rings. The maximum Gasteiger partial charge on any atom is 0.323 e. The van der Waals surface area contributed by atoms with Crippen molar-refractivity contribution in [1.82, 2.24) is 25.4 Å². The van der Waals surface area contributed by atoms with Gasteiger partial charge in [0.2, 0.25) is 0 Å². The number of allylic oxidation sites excluding steroid dienone is 4. The average Bonchev–Trinajstić information content (AvgIpc) is 3.49. The van der Waals surface area contributed by atoms with Crippen LogP contribution in [0.25, 0.3) is 5.57 Å². The van der Waals surface area contributed by atoms with Crippen LogP contribution in [0.15, 0.2) is 48.6 Å². The Morgan fingerprint density at radius 2 is 1.95 bits per heavy atom. The van der Waals surface area contributed by atoms with Crippen LogP contribution in [0.5, 0.6) is 11.5 Å². The van der Waals surface area contributed by atoms with Gasteiger partial charge in [0.15, 0.2) is 5.54 Å². The molecule has 222 valence electrons. The van der Waals surface area contributed by atoms with Crippen molar-refractivity contribution >= 4 is 29.2 Å². The molecule has 2 saturated heterocycles. The third kappa shape index (κ3) is 5.53. The van der Waals surface area contributed by atoms with Crippen LogP contribution in [0.2, 0.25) is 0 Å². The molecule has 11 heteroatoms. The quantitative estimate of drug-likeness (QED) is 0.349. The van der Waals surface area contributed by atoms with Gasteiger partial charge in [-0.1, -0.05) is 43.1 Å². The van der Waals surface area contributed by atoms with Crippen LogP contribution in [0.4, 0.5) is 10.6 Å². The number of nitrogens with zero attached hydrogens (tertiary/aromatic N) is 4.